The van der Waals surface area contributed by atoms with Crippen molar-refractivity contribution in [1.82, 2.24) is 0 Å². The fourth-order valence-corrected chi connectivity index (χ4v) is 1.53. The first-order valence-electron chi connectivity index (χ1n) is 3.89. The van der Waals surface area contributed by atoms with E-state index in [0.29, 0.717) is 15.8 Å². The molecule has 0 fully saturated rings. The first kappa shape index (κ1) is 11.0. The molecule has 0 bridgehead atoms. The summed E-state index contributed by atoms with van der Waals surface area (Å²) in [5.41, 5.74) is 5.51. The number of methoxy groups -OCH3 is 1. The van der Waals surface area contributed by atoms with Crippen LogP contribution < -0.4 is 10.5 Å². The summed E-state index contributed by atoms with van der Waals surface area (Å²) in [4.78, 5) is 0. The molecule has 1 rings (SSSR count). The van der Waals surface area contributed by atoms with Gasteiger partial charge in [0.1, 0.15) is 11.6 Å². The molecular formula is C9H10BrFN2O. The summed E-state index contributed by atoms with van der Waals surface area (Å²) in [6.45, 7) is 0. The molecule has 5 heteroatoms. The van der Waals surface area contributed by atoms with E-state index in [1.165, 1.54) is 13.2 Å². The van der Waals surface area contributed by atoms with Gasteiger partial charge < -0.3 is 10.5 Å². The molecule has 0 atom stereocenters. The molecule has 3 nitrogen and oxygen atoms in total. The van der Waals surface area contributed by atoms with E-state index in [1.54, 1.807) is 6.07 Å². The molecule has 0 unspecified atom stereocenters. The van der Waals surface area contributed by atoms with Crippen LogP contribution in [-0.4, -0.2) is 12.9 Å². The van der Waals surface area contributed by atoms with Gasteiger partial charge in [0, 0.05) is 16.5 Å². The van der Waals surface area contributed by atoms with Gasteiger partial charge in [-0.2, -0.15) is 0 Å². The Morgan fingerprint density at radius 2 is 2.29 bits per heavy atom. The Bertz CT molecular complexity index is 368. The molecular weight excluding hydrogens is 251 g/mol. The van der Waals surface area contributed by atoms with E-state index in [4.69, 9.17) is 15.9 Å². The zero-order valence-electron chi connectivity index (χ0n) is 7.60. The van der Waals surface area contributed by atoms with Crippen molar-refractivity contribution < 1.29 is 9.13 Å². The number of amidine groups is 1. The largest absolute Gasteiger partial charge is 0.496 e. The molecule has 0 aliphatic carbocycles. The monoisotopic (exact) mass is 260 g/mol. The van der Waals surface area contributed by atoms with E-state index in [-0.39, 0.29) is 12.3 Å². The predicted molar refractivity (Wildman–Crippen MR) is 56.3 cm³/mol. The molecule has 0 aliphatic heterocycles. The zero-order chi connectivity index (χ0) is 10.7. The lowest BCUT2D eigenvalue weighted by atomic mass is 10.1. The Morgan fingerprint density at radius 3 is 2.79 bits per heavy atom. The molecule has 0 amide bonds. The average Bonchev–Trinajstić information content (AvgIpc) is 2.08. The summed E-state index contributed by atoms with van der Waals surface area (Å²) in [6.07, 6.45) is 0.0578. The first-order chi connectivity index (χ1) is 6.54. The van der Waals surface area contributed by atoms with Gasteiger partial charge in [0.05, 0.1) is 12.9 Å². The number of rotatable bonds is 3. The van der Waals surface area contributed by atoms with Gasteiger partial charge in [0.25, 0.3) is 0 Å². The second-order valence-corrected chi connectivity index (χ2v) is 3.69. The maximum Gasteiger partial charge on any atom is 0.131 e. The van der Waals surface area contributed by atoms with Crippen LogP contribution >= 0.6 is 15.9 Å². The van der Waals surface area contributed by atoms with Crippen molar-refractivity contribution in [3.05, 3.63) is 28.0 Å². The van der Waals surface area contributed by atoms with Gasteiger partial charge in [-0.1, -0.05) is 15.9 Å². The fraction of sp³-hybridized carbons (Fsp3) is 0.222. The zero-order valence-corrected chi connectivity index (χ0v) is 9.19. The minimum Gasteiger partial charge on any atom is -0.496 e. The second-order valence-electron chi connectivity index (χ2n) is 2.77. The maximum absolute atomic E-state index is 13.4. The summed E-state index contributed by atoms with van der Waals surface area (Å²) < 4.78 is 19.0. The van der Waals surface area contributed by atoms with Gasteiger partial charge in [-0.05, 0) is 12.1 Å². The summed E-state index contributed by atoms with van der Waals surface area (Å²) in [5.74, 6) is -0.122. The number of halogens is 2. The summed E-state index contributed by atoms with van der Waals surface area (Å²) >= 11 is 3.15. The number of ether oxygens (including phenoxy) is 1. The Balaban J connectivity index is 3.18. The van der Waals surface area contributed by atoms with Gasteiger partial charge in [-0.15, -0.1) is 0 Å². The standard InChI is InChI=1S/C9H10BrFN2O/c1-14-8-3-5(10)2-7(11)6(8)4-9(12)13/h2-3H,4H2,1H3,(H3,12,13). The highest BCUT2D eigenvalue weighted by molar-refractivity contribution is 9.10. The average molecular weight is 261 g/mol. The van der Waals surface area contributed by atoms with Gasteiger partial charge in [0.15, 0.2) is 0 Å². The Hall–Kier alpha value is -1.10. The molecule has 1 aromatic carbocycles. The molecule has 0 spiro atoms. The summed E-state index contributed by atoms with van der Waals surface area (Å²) in [6, 6.07) is 2.96. The number of benzene rings is 1. The quantitative estimate of drug-likeness (QED) is 0.646. The van der Waals surface area contributed by atoms with E-state index < -0.39 is 5.82 Å². The molecule has 14 heavy (non-hydrogen) atoms. The van der Waals surface area contributed by atoms with Crippen LogP contribution in [0, 0.1) is 11.2 Å². The normalized spacial score (nSPS) is 9.93. The van der Waals surface area contributed by atoms with Crippen molar-refractivity contribution in [2.45, 2.75) is 6.42 Å². The van der Waals surface area contributed by atoms with Crippen LogP contribution in [-0.2, 0) is 6.42 Å². The molecule has 0 saturated carbocycles. The lowest BCUT2D eigenvalue weighted by Crippen LogP contribution is -2.14. The molecule has 0 aromatic heterocycles. The number of hydrogen-bond donors (Lipinski definition) is 2. The van der Waals surface area contributed by atoms with E-state index in [1.807, 2.05) is 0 Å². The van der Waals surface area contributed by atoms with Gasteiger partial charge in [-0.25, -0.2) is 4.39 Å². The SMILES string of the molecule is COc1cc(Br)cc(F)c1CC(=N)N. The van der Waals surface area contributed by atoms with Gasteiger partial charge >= 0.3 is 0 Å². The molecule has 1 aromatic rings. The number of hydrogen-bond acceptors (Lipinski definition) is 2. The minimum atomic E-state index is -0.425. The third-order valence-electron chi connectivity index (χ3n) is 1.71. The third-order valence-corrected chi connectivity index (χ3v) is 2.16. The predicted octanol–water partition coefficient (Wildman–Crippen LogP) is 2.08. The van der Waals surface area contributed by atoms with Gasteiger partial charge in [-0.3, -0.25) is 5.41 Å². The highest BCUT2D eigenvalue weighted by atomic mass is 79.9. The Kier molecular flexibility index (Phi) is 3.46. The van der Waals surface area contributed by atoms with Crippen molar-refractivity contribution in [1.29, 1.82) is 5.41 Å². The summed E-state index contributed by atoms with van der Waals surface area (Å²) in [7, 11) is 1.45. The van der Waals surface area contributed by atoms with Crippen LogP contribution in [0.4, 0.5) is 4.39 Å². The van der Waals surface area contributed by atoms with Crippen molar-refractivity contribution in [2.75, 3.05) is 7.11 Å². The molecule has 0 saturated heterocycles. The number of nitrogens with two attached hydrogens (primary N) is 1. The van der Waals surface area contributed by atoms with Crippen LogP contribution in [0.15, 0.2) is 16.6 Å². The van der Waals surface area contributed by atoms with Crippen LogP contribution in [0.25, 0.3) is 0 Å². The minimum absolute atomic E-state index is 0.0578. The van der Waals surface area contributed by atoms with Crippen LogP contribution in [0.5, 0.6) is 5.75 Å². The van der Waals surface area contributed by atoms with Crippen LogP contribution in [0.3, 0.4) is 0 Å². The smallest absolute Gasteiger partial charge is 0.131 e. The Morgan fingerprint density at radius 1 is 1.64 bits per heavy atom. The molecule has 0 heterocycles. The lowest BCUT2D eigenvalue weighted by molar-refractivity contribution is 0.406. The van der Waals surface area contributed by atoms with Crippen molar-refractivity contribution in [2.24, 2.45) is 5.73 Å². The highest BCUT2D eigenvalue weighted by Gasteiger charge is 2.11. The fourth-order valence-electron chi connectivity index (χ4n) is 1.12. The number of nitrogens with one attached hydrogen (secondary N) is 1. The topological polar surface area (TPSA) is 59.1 Å². The van der Waals surface area contributed by atoms with Crippen molar-refractivity contribution in [3.8, 4) is 5.75 Å². The van der Waals surface area contributed by atoms with Crippen molar-refractivity contribution in [3.63, 3.8) is 0 Å². The molecule has 3 N–H and O–H groups in total. The van der Waals surface area contributed by atoms with E-state index in [0.717, 1.165) is 0 Å². The third kappa shape index (κ3) is 2.45. The molecule has 76 valence electrons. The van der Waals surface area contributed by atoms with E-state index >= 15 is 0 Å². The Labute approximate surface area is 89.7 Å². The van der Waals surface area contributed by atoms with Crippen molar-refractivity contribution >= 4 is 21.8 Å². The first-order valence-corrected chi connectivity index (χ1v) is 4.68. The van der Waals surface area contributed by atoms with Gasteiger partial charge in [0.2, 0.25) is 0 Å². The molecule has 0 radical (unpaired) electrons. The van der Waals surface area contributed by atoms with E-state index in [2.05, 4.69) is 15.9 Å². The lowest BCUT2D eigenvalue weighted by Gasteiger charge is -2.09. The van der Waals surface area contributed by atoms with Crippen LogP contribution in [0.1, 0.15) is 5.56 Å². The second kappa shape index (κ2) is 4.41. The summed E-state index contributed by atoms with van der Waals surface area (Å²) in [5, 5.41) is 7.10. The van der Waals surface area contributed by atoms with E-state index in [9.17, 15) is 4.39 Å². The maximum atomic E-state index is 13.4. The molecule has 0 aliphatic rings. The highest BCUT2D eigenvalue weighted by Crippen LogP contribution is 2.26. The van der Waals surface area contributed by atoms with Crippen LogP contribution in [0.2, 0.25) is 0 Å².